The molecule has 3 aromatic rings. The van der Waals surface area contributed by atoms with Crippen molar-refractivity contribution < 1.29 is 9.18 Å². The average Bonchev–Trinajstić information content (AvgIpc) is 3.05. The van der Waals surface area contributed by atoms with Crippen LogP contribution in [0.5, 0.6) is 0 Å². The van der Waals surface area contributed by atoms with Crippen molar-refractivity contribution in [2.75, 3.05) is 13.1 Å². The van der Waals surface area contributed by atoms with Crippen molar-refractivity contribution in [1.29, 1.82) is 0 Å². The molecule has 1 aromatic carbocycles. The highest BCUT2D eigenvalue weighted by Gasteiger charge is 2.33. The lowest BCUT2D eigenvalue weighted by molar-refractivity contribution is 0.0290. The van der Waals surface area contributed by atoms with E-state index in [2.05, 4.69) is 23.7 Å². The van der Waals surface area contributed by atoms with E-state index in [9.17, 15) is 9.18 Å². The summed E-state index contributed by atoms with van der Waals surface area (Å²) in [5.41, 5.74) is 3.41. The molecule has 1 saturated heterocycles. The van der Waals surface area contributed by atoms with E-state index in [4.69, 9.17) is 0 Å². The highest BCUT2D eigenvalue weighted by Crippen LogP contribution is 2.23. The van der Waals surface area contributed by atoms with Crippen LogP contribution in [-0.2, 0) is 13.6 Å². The van der Waals surface area contributed by atoms with Crippen molar-refractivity contribution in [3.05, 3.63) is 65.2 Å². The standard InChI is InChI=1S/C23H27FN4O/c1-15-13-28(16(2)12-27(15)14-18-5-7-20(24)8-6-18)23(29)21-11-19-9-10-26(4)22(19)25-17(21)3/h5-11,15-16H,12-14H2,1-4H3/t15-,16+/m0/s1. The molecule has 1 aliphatic rings. The summed E-state index contributed by atoms with van der Waals surface area (Å²) in [5.74, 6) is -0.175. The van der Waals surface area contributed by atoms with Gasteiger partial charge in [-0.05, 0) is 50.6 Å². The number of carbonyl (C=O) groups excluding carboxylic acids is 1. The summed E-state index contributed by atoms with van der Waals surface area (Å²) in [6.07, 6.45) is 1.96. The van der Waals surface area contributed by atoms with E-state index < -0.39 is 0 Å². The van der Waals surface area contributed by atoms with Crippen molar-refractivity contribution >= 4 is 16.9 Å². The van der Waals surface area contributed by atoms with E-state index >= 15 is 0 Å². The van der Waals surface area contributed by atoms with Gasteiger partial charge in [0.15, 0.2) is 0 Å². The number of aromatic nitrogens is 2. The van der Waals surface area contributed by atoms with Crippen LogP contribution in [0.2, 0.25) is 0 Å². The van der Waals surface area contributed by atoms with Crippen molar-refractivity contribution in [3.8, 4) is 0 Å². The first-order valence-electron chi connectivity index (χ1n) is 10.1. The number of fused-ring (bicyclic) bond motifs is 1. The van der Waals surface area contributed by atoms with Crippen LogP contribution in [0.15, 0.2) is 42.6 Å². The van der Waals surface area contributed by atoms with Gasteiger partial charge >= 0.3 is 0 Å². The molecule has 6 heteroatoms. The first-order chi connectivity index (χ1) is 13.8. The lowest BCUT2D eigenvalue weighted by Gasteiger charge is -2.44. The van der Waals surface area contributed by atoms with Crippen LogP contribution in [0.4, 0.5) is 4.39 Å². The van der Waals surface area contributed by atoms with Crippen LogP contribution in [0.1, 0.15) is 35.5 Å². The number of nitrogens with zero attached hydrogens (tertiary/aromatic N) is 4. The fraction of sp³-hybridized carbons (Fsp3) is 0.391. The predicted octanol–water partition coefficient (Wildman–Crippen LogP) is 3.76. The van der Waals surface area contributed by atoms with Crippen molar-refractivity contribution in [2.24, 2.45) is 7.05 Å². The van der Waals surface area contributed by atoms with Gasteiger partial charge in [0.05, 0.1) is 11.3 Å². The number of amides is 1. The second-order valence-corrected chi connectivity index (χ2v) is 8.17. The average molecular weight is 394 g/mol. The molecular formula is C23H27FN4O. The number of pyridine rings is 1. The molecule has 152 valence electrons. The first kappa shape index (κ1) is 19.6. The molecular weight excluding hydrogens is 367 g/mol. The Hall–Kier alpha value is -2.73. The molecule has 3 heterocycles. The van der Waals surface area contributed by atoms with Gasteiger partial charge in [0.2, 0.25) is 0 Å². The summed E-state index contributed by atoms with van der Waals surface area (Å²) in [5, 5.41) is 0.983. The topological polar surface area (TPSA) is 41.4 Å². The van der Waals surface area contributed by atoms with Crippen molar-refractivity contribution in [1.82, 2.24) is 19.4 Å². The van der Waals surface area contributed by atoms with Crippen LogP contribution < -0.4 is 0 Å². The Labute approximate surface area is 170 Å². The minimum atomic E-state index is -0.218. The van der Waals surface area contributed by atoms with E-state index in [1.807, 2.05) is 53.9 Å². The van der Waals surface area contributed by atoms with Crippen molar-refractivity contribution in [2.45, 2.75) is 39.4 Å². The zero-order valence-electron chi connectivity index (χ0n) is 17.4. The van der Waals surface area contributed by atoms with Gasteiger partial charge in [0, 0.05) is 50.3 Å². The Morgan fingerprint density at radius 1 is 1.14 bits per heavy atom. The number of rotatable bonds is 3. The molecule has 1 fully saturated rings. The quantitative estimate of drug-likeness (QED) is 0.679. The second-order valence-electron chi connectivity index (χ2n) is 8.17. The summed E-state index contributed by atoms with van der Waals surface area (Å²) >= 11 is 0. The van der Waals surface area contributed by atoms with Crippen LogP contribution in [-0.4, -0.2) is 50.4 Å². The largest absolute Gasteiger partial charge is 0.336 e. The van der Waals surface area contributed by atoms with E-state index in [0.717, 1.165) is 35.4 Å². The Morgan fingerprint density at radius 2 is 1.86 bits per heavy atom. The Balaban J connectivity index is 1.52. The van der Waals surface area contributed by atoms with E-state index in [1.165, 1.54) is 12.1 Å². The first-order valence-corrected chi connectivity index (χ1v) is 10.1. The van der Waals surface area contributed by atoms with E-state index in [0.29, 0.717) is 12.1 Å². The summed E-state index contributed by atoms with van der Waals surface area (Å²) in [7, 11) is 1.96. The van der Waals surface area contributed by atoms with Crippen molar-refractivity contribution in [3.63, 3.8) is 0 Å². The number of carbonyl (C=O) groups is 1. The summed E-state index contributed by atoms with van der Waals surface area (Å²) in [6, 6.07) is 10.9. The summed E-state index contributed by atoms with van der Waals surface area (Å²) < 4.78 is 15.1. The smallest absolute Gasteiger partial charge is 0.256 e. The molecule has 0 radical (unpaired) electrons. The molecule has 0 unspecified atom stereocenters. The number of hydrogen-bond donors (Lipinski definition) is 0. The molecule has 0 bridgehead atoms. The maximum Gasteiger partial charge on any atom is 0.256 e. The fourth-order valence-corrected chi connectivity index (χ4v) is 4.17. The SMILES string of the molecule is Cc1nc2c(ccn2C)cc1C(=O)N1C[C@H](C)N(Cc2ccc(F)cc2)C[C@H]1C. The Bertz CT molecular complexity index is 1040. The minimum absolute atomic E-state index is 0.0431. The van der Waals surface area contributed by atoms with Gasteiger partial charge in [-0.25, -0.2) is 9.37 Å². The number of aryl methyl sites for hydroxylation is 2. The molecule has 0 saturated carbocycles. The molecule has 4 rings (SSSR count). The van der Waals surface area contributed by atoms with Crippen LogP contribution in [0, 0.1) is 12.7 Å². The predicted molar refractivity (Wildman–Crippen MR) is 112 cm³/mol. The number of halogens is 1. The van der Waals surface area contributed by atoms with Gasteiger partial charge in [-0.2, -0.15) is 0 Å². The number of benzene rings is 1. The van der Waals surface area contributed by atoms with E-state index in [-0.39, 0.29) is 23.8 Å². The minimum Gasteiger partial charge on any atom is -0.336 e. The van der Waals surface area contributed by atoms with Gasteiger partial charge in [-0.1, -0.05) is 12.1 Å². The van der Waals surface area contributed by atoms with E-state index in [1.54, 1.807) is 0 Å². The fourth-order valence-electron chi connectivity index (χ4n) is 4.17. The zero-order chi connectivity index (χ0) is 20.7. The lowest BCUT2D eigenvalue weighted by atomic mass is 10.0. The Morgan fingerprint density at radius 3 is 2.59 bits per heavy atom. The van der Waals surface area contributed by atoms with Gasteiger partial charge in [-0.3, -0.25) is 9.69 Å². The highest BCUT2D eigenvalue weighted by molar-refractivity contribution is 5.98. The highest BCUT2D eigenvalue weighted by atomic mass is 19.1. The molecule has 29 heavy (non-hydrogen) atoms. The van der Waals surface area contributed by atoms with Crippen LogP contribution in [0.3, 0.4) is 0 Å². The summed E-state index contributed by atoms with van der Waals surface area (Å²) in [6.45, 7) is 8.33. The zero-order valence-corrected chi connectivity index (χ0v) is 17.4. The monoisotopic (exact) mass is 394 g/mol. The third-order valence-electron chi connectivity index (χ3n) is 5.94. The van der Waals surface area contributed by atoms with Gasteiger partial charge in [0.1, 0.15) is 11.5 Å². The molecule has 1 aliphatic heterocycles. The summed E-state index contributed by atoms with van der Waals surface area (Å²) in [4.78, 5) is 22.3. The number of piperazine rings is 1. The molecule has 0 N–H and O–H groups in total. The molecule has 5 nitrogen and oxygen atoms in total. The lowest BCUT2D eigenvalue weighted by Crippen LogP contribution is -2.57. The second kappa shape index (κ2) is 7.59. The van der Waals surface area contributed by atoms with Gasteiger partial charge < -0.3 is 9.47 Å². The van der Waals surface area contributed by atoms with Gasteiger partial charge in [-0.15, -0.1) is 0 Å². The molecule has 1 amide bonds. The molecule has 0 aliphatic carbocycles. The third-order valence-corrected chi connectivity index (χ3v) is 5.94. The van der Waals surface area contributed by atoms with Crippen LogP contribution in [0.25, 0.3) is 11.0 Å². The molecule has 0 spiro atoms. The molecule has 2 atom stereocenters. The maximum absolute atomic E-state index is 13.3. The third kappa shape index (κ3) is 3.77. The van der Waals surface area contributed by atoms with Gasteiger partial charge in [0.25, 0.3) is 5.91 Å². The maximum atomic E-state index is 13.3. The van der Waals surface area contributed by atoms with Crippen LogP contribution >= 0.6 is 0 Å². The normalized spacial score (nSPS) is 20.4. The number of hydrogen-bond acceptors (Lipinski definition) is 3. The molecule has 2 aromatic heterocycles. The Kier molecular flexibility index (Phi) is 5.13.